The number of carbonyl (C=O) groups excluding carboxylic acids is 2. The Bertz CT molecular complexity index is 568. The van der Waals surface area contributed by atoms with Crippen LogP contribution in [0.2, 0.25) is 0 Å². The standard InChI is InChI=1S/C5H10NO2S.C4H6O2S.4C3H7.CH2NO.CH4N.CHO.CH3.B.H3N.Na.4Y/c1-6-2-4-9(7,8)5-3-6;1-3-7(5,6)4-2;4*1-3-2;2-1-3;2*1-2;;;;;;;;/h1-5H2;3-4H,1-2H2;4*1,3H2,2H3;(H2,2,3);1-2H2;1H;1H3;;1H3;;;;;/q-1;;8*-1;;;+1;;;;. The van der Waals surface area contributed by atoms with Gasteiger partial charge in [0.1, 0.15) is 0 Å². The maximum Gasteiger partial charge on any atom is 1.00 e. The Balaban J connectivity index is -0.0000000141. The van der Waals surface area contributed by atoms with E-state index < -0.39 is 19.7 Å². The summed E-state index contributed by atoms with van der Waals surface area (Å²) in [4.78, 5) is 18.0. The number of primary amides is 1. The van der Waals surface area contributed by atoms with Crippen LogP contribution in [-0.2, 0) is 160 Å². The van der Waals surface area contributed by atoms with Crippen LogP contribution in [0.3, 0.4) is 0 Å². The minimum absolute atomic E-state index is 0. The van der Waals surface area contributed by atoms with Crippen molar-refractivity contribution in [1.29, 1.82) is 0 Å². The summed E-state index contributed by atoms with van der Waals surface area (Å²) in [6.07, 6.45) is 5.00. The molecular weight excluding hydrogens is 906 g/mol. The summed E-state index contributed by atoms with van der Waals surface area (Å²) in [5.74, 6) is 0.549. The van der Waals surface area contributed by atoms with Crippen LogP contribution < -0.4 is 47.2 Å². The third-order valence-corrected chi connectivity index (χ3v) is 4.44. The van der Waals surface area contributed by atoms with Crippen LogP contribution in [0.15, 0.2) is 24.0 Å². The van der Waals surface area contributed by atoms with Crippen molar-refractivity contribution in [3.8, 4) is 0 Å². The molecule has 0 aromatic carbocycles. The maximum absolute atomic E-state index is 10.7. The fourth-order valence-electron chi connectivity index (χ4n) is 0.818. The fourth-order valence-corrected chi connectivity index (χ4v) is 2.23. The van der Waals surface area contributed by atoms with Gasteiger partial charge in [0.15, 0.2) is 19.7 Å². The Labute approximate surface area is 395 Å². The summed E-state index contributed by atoms with van der Waals surface area (Å²) in [6.45, 7) is 32.5. The molecule has 1 aliphatic rings. The van der Waals surface area contributed by atoms with Crippen molar-refractivity contribution >= 4 is 41.3 Å². The Kier molecular flexibility index (Phi) is 249. The minimum atomic E-state index is -3.13. The van der Waals surface area contributed by atoms with E-state index in [4.69, 9.17) is 9.59 Å². The van der Waals surface area contributed by atoms with E-state index in [2.05, 4.69) is 73.2 Å². The van der Waals surface area contributed by atoms with Crippen molar-refractivity contribution in [2.75, 3.05) is 24.6 Å². The van der Waals surface area contributed by atoms with E-state index in [1.54, 1.807) is 4.90 Å². The van der Waals surface area contributed by atoms with Gasteiger partial charge in [-0.25, -0.2) is 16.8 Å². The van der Waals surface area contributed by atoms with Crippen LogP contribution in [0.1, 0.15) is 53.4 Å². The van der Waals surface area contributed by atoms with Crippen LogP contribution in [0.5, 0.6) is 0 Å². The van der Waals surface area contributed by atoms with E-state index in [0.29, 0.717) is 13.1 Å². The molecule has 0 aromatic heterocycles. The fraction of sp³-hybridized carbons (Fsp3) is 0.480. The van der Waals surface area contributed by atoms with Crippen LogP contribution in [0.25, 0.3) is 0 Å². The molecule has 18 heteroatoms. The van der Waals surface area contributed by atoms with E-state index in [1.165, 1.54) is 0 Å². The molecule has 0 unspecified atom stereocenters. The first-order chi connectivity index (χ1) is 16.3. The number of rotatable bonds is 2. The SMILES string of the molecule is C=CS(=O)(=O)C=C.N.N[C-]=O.[B].[CH-]=O.[CH2-]CC.[CH2-]CC.[CH2-]CC.[CH2-]CC.[CH2-]N.[CH2-]N1CCS(=O)(=O)CC1.[CH3-].[Na+].[Y].[Y].[Y].[Y]. The normalized spacial score (nSPS) is 9.74. The monoisotopic (exact) mass is 963 g/mol. The number of sulfone groups is 2. The molecule has 1 fully saturated rings. The molecule has 1 aliphatic heterocycles. The van der Waals surface area contributed by atoms with E-state index >= 15 is 0 Å². The van der Waals surface area contributed by atoms with Crippen LogP contribution in [0, 0.1) is 49.2 Å². The number of nitrogens with two attached hydrogens (primary N) is 2. The smallest absolute Gasteiger partial charge is 0.545 e. The van der Waals surface area contributed by atoms with Crippen molar-refractivity contribution < 1.29 is 187 Å². The van der Waals surface area contributed by atoms with Gasteiger partial charge in [-0.2, -0.15) is 32.1 Å². The van der Waals surface area contributed by atoms with E-state index in [-0.39, 0.29) is 194 Å². The first kappa shape index (κ1) is 103. The third kappa shape index (κ3) is 185. The summed E-state index contributed by atoms with van der Waals surface area (Å²) in [5, 5.41) is 1.69. The number of nitrogens with zero attached hydrogens (tertiary/aromatic N) is 1. The van der Waals surface area contributed by atoms with Gasteiger partial charge in [0, 0.05) is 150 Å². The van der Waals surface area contributed by atoms with Crippen molar-refractivity contribution in [2.24, 2.45) is 11.5 Å². The molecule has 0 atom stereocenters. The molecule has 0 spiro atoms. The molecule has 0 saturated carbocycles. The summed E-state index contributed by atoms with van der Waals surface area (Å²) in [5.41, 5.74) is 8.29. The zero-order chi connectivity index (χ0) is 30.4. The van der Waals surface area contributed by atoms with Crippen LogP contribution >= 0.6 is 0 Å². The van der Waals surface area contributed by atoms with Gasteiger partial charge in [-0.1, -0.05) is 40.9 Å². The van der Waals surface area contributed by atoms with Crippen molar-refractivity contribution in [3.63, 3.8) is 0 Å². The topological polar surface area (TPSA) is 193 Å². The Hall–Kier alpha value is 3.88. The molecule has 1 amide bonds. The van der Waals surface area contributed by atoms with Crippen LogP contribution in [-0.4, -0.2) is 67.9 Å². The van der Waals surface area contributed by atoms with Gasteiger partial charge in [0.25, 0.3) is 0 Å². The number of hydrogen-bond donors (Lipinski definition) is 3. The molecule has 1 saturated heterocycles. The zero-order valence-electron chi connectivity index (χ0n) is 28.0. The van der Waals surface area contributed by atoms with Crippen molar-refractivity contribution in [3.05, 3.63) is 73.2 Å². The Morgan fingerprint density at radius 1 is 0.837 bits per heavy atom. The van der Waals surface area contributed by atoms with Crippen molar-refractivity contribution in [2.45, 2.75) is 53.4 Å². The van der Waals surface area contributed by atoms with E-state index in [1.807, 2.05) is 27.7 Å². The first-order valence-electron chi connectivity index (χ1n) is 10.4. The third-order valence-electron chi connectivity index (χ3n) is 1.90. The van der Waals surface area contributed by atoms with Gasteiger partial charge in [0.2, 0.25) is 0 Å². The minimum Gasteiger partial charge on any atom is -0.545 e. The molecule has 7 N–H and O–H groups in total. The second kappa shape index (κ2) is 104. The van der Waals surface area contributed by atoms with Gasteiger partial charge >= 0.3 is 29.6 Å². The first-order valence-corrected chi connectivity index (χ1v) is 13.9. The molecule has 1 rings (SSSR count). The number of amides is 1. The molecule has 43 heavy (non-hydrogen) atoms. The molecular formula is C25H57BN4NaO6S2Y4-8. The van der Waals surface area contributed by atoms with Gasteiger partial charge in [-0.15, -0.1) is 0 Å². The predicted molar refractivity (Wildman–Crippen MR) is 171 cm³/mol. The Morgan fingerprint density at radius 3 is 1.05 bits per heavy atom. The van der Waals surface area contributed by atoms with Gasteiger partial charge in [0.05, 0.1) is 11.5 Å². The molecule has 1 heterocycles. The van der Waals surface area contributed by atoms with Crippen molar-refractivity contribution in [1.82, 2.24) is 11.1 Å². The zero-order valence-corrected chi connectivity index (χ0v) is 43.0. The van der Waals surface area contributed by atoms with Crippen LogP contribution in [0.4, 0.5) is 0 Å². The molecule has 249 valence electrons. The maximum atomic E-state index is 10.7. The summed E-state index contributed by atoms with van der Waals surface area (Å²) in [6, 6.07) is 0. The van der Waals surface area contributed by atoms with E-state index in [9.17, 15) is 16.8 Å². The second-order valence-corrected chi connectivity index (χ2v) is 9.46. The molecule has 7 radical (unpaired) electrons. The molecule has 0 aromatic rings. The van der Waals surface area contributed by atoms with E-state index in [0.717, 1.165) is 42.9 Å². The quantitative estimate of drug-likeness (QED) is 0.156. The second-order valence-electron chi connectivity index (χ2n) is 5.31. The average Bonchev–Trinajstić information content (AvgIpc) is 2.82. The summed E-state index contributed by atoms with van der Waals surface area (Å²) >= 11 is 0. The number of hydrogen-bond acceptors (Lipinski definition) is 9. The predicted octanol–water partition coefficient (Wildman–Crippen LogP) is 0.819. The molecule has 10 nitrogen and oxygen atoms in total. The largest absolute Gasteiger partial charge is 1.00 e. The van der Waals surface area contributed by atoms with Gasteiger partial charge < -0.3 is 67.2 Å². The summed E-state index contributed by atoms with van der Waals surface area (Å²) < 4.78 is 41.7. The average molecular weight is 963 g/mol. The Morgan fingerprint density at radius 2 is 0.977 bits per heavy atom. The van der Waals surface area contributed by atoms with Gasteiger partial charge in [-0.05, 0) is 13.1 Å². The summed E-state index contributed by atoms with van der Waals surface area (Å²) in [7, 11) is 0.555. The molecule has 0 aliphatic carbocycles. The molecule has 0 bridgehead atoms. The van der Waals surface area contributed by atoms with Gasteiger partial charge in [-0.3, -0.25) is 20.9 Å².